The minimum atomic E-state index is 1.30. The summed E-state index contributed by atoms with van der Waals surface area (Å²) in [5.74, 6) is 0. The molecule has 0 unspecified atom stereocenters. The lowest BCUT2D eigenvalue weighted by Crippen LogP contribution is -1.93. The Kier molecular flexibility index (Phi) is 4.55. The summed E-state index contributed by atoms with van der Waals surface area (Å²) >= 11 is 0. The van der Waals surface area contributed by atoms with E-state index in [1.807, 2.05) is 0 Å². The Morgan fingerprint density at radius 1 is 0.333 bits per heavy atom. The van der Waals surface area contributed by atoms with Crippen LogP contribution in [0.2, 0.25) is 0 Å². The lowest BCUT2D eigenvalue weighted by atomic mass is 9.85. The van der Waals surface area contributed by atoms with E-state index in [4.69, 9.17) is 0 Å². The monoisotopic (exact) mass is 422 g/mol. The van der Waals surface area contributed by atoms with Crippen LogP contribution in [-0.2, 0) is 0 Å². The molecule has 0 atom stereocenters. The second kappa shape index (κ2) is 7.60. The molecule has 6 rings (SSSR count). The average Bonchev–Trinajstić information content (AvgIpc) is 2.85. The first kappa shape index (κ1) is 19.8. The van der Waals surface area contributed by atoms with Crippen LogP contribution in [0.4, 0.5) is 0 Å². The highest BCUT2D eigenvalue weighted by Gasteiger charge is 2.16. The van der Waals surface area contributed by atoms with Crippen molar-refractivity contribution >= 4 is 32.3 Å². The summed E-state index contributed by atoms with van der Waals surface area (Å²) in [4.78, 5) is 0. The molecule has 0 fully saturated rings. The topological polar surface area (TPSA) is 0 Å². The molecule has 6 aromatic rings. The summed E-state index contributed by atoms with van der Waals surface area (Å²) in [6.07, 6.45) is 0. The molecule has 0 nitrogen and oxygen atoms in total. The molecule has 0 aromatic heterocycles. The van der Waals surface area contributed by atoms with Crippen LogP contribution in [0.3, 0.4) is 0 Å². The van der Waals surface area contributed by atoms with Crippen molar-refractivity contribution in [2.45, 2.75) is 20.8 Å². The normalized spacial score (nSPS) is 11.5. The minimum Gasteiger partial charge on any atom is -0.0616 e. The fraction of sp³-hybridized carbons (Fsp3) is 0.0909. The molecule has 0 radical (unpaired) electrons. The third-order valence-electron chi connectivity index (χ3n) is 7.09. The fourth-order valence-electron chi connectivity index (χ4n) is 5.45. The van der Waals surface area contributed by atoms with Gasteiger partial charge in [-0.15, -0.1) is 0 Å². The fourth-order valence-corrected chi connectivity index (χ4v) is 5.45. The van der Waals surface area contributed by atoms with E-state index < -0.39 is 0 Å². The lowest BCUT2D eigenvalue weighted by molar-refractivity contribution is 1.47. The largest absolute Gasteiger partial charge is 0.0616 e. The Bertz CT molecular complexity index is 1680. The predicted molar refractivity (Wildman–Crippen MR) is 144 cm³/mol. The summed E-state index contributed by atoms with van der Waals surface area (Å²) < 4.78 is 0. The summed E-state index contributed by atoms with van der Waals surface area (Å²) in [7, 11) is 0. The SMILES string of the molecule is Cc1cc(-c2ccc(C)c3ccccc23)c2ccccc2c1-c1ccc(C)c2ccccc12. The highest BCUT2D eigenvalue weighted by Crippen LogP contribution is 2.42. The first-order chi connectivity index (χ1) is 16.1. The molecule has 0 spiro atoms. The lowest BCUT2D eigenvalue weighted by Gasteiger charge is -2.19. The van der Waals surface area contributed by atoms with Crippen LogP contribution in [0, 0.1) is 20.8 Å². The Morgan fingerprint density at radius 3 is 1.33 bits per heavy atom. The van der Waals surface area contributed by atoms with E-state index in [1.165, 1.54) is 71.3 Å². The molecule has 0 saturated carbocycles. The number of rotatable bonds is 2. The van der Waals surface area contributed by atoms with Crippen molar-refractivity contribution in [1.29, 1.82) is 0 Å². The summed E-state index contributed by atoms with van der Waals surface area (Å²) in [6.45, 7) is 6.65. The summed E-state index contributed by atoms with van der Waals surface area (Å²) in [6, 6.07) is 37.9. The van der Waals surface area contributed by atoms with E-state index in [-0.39, 0.29) is 0 Å². The van der Waals surface area contributed by atoms with Gasteiger partial charge in [-0.3, -0.25) is 0 Å². The maximum Gasteiger partial charge on any atom is -0.00694 e. The van der Waals surface area contributed by atoms with Crippen LogP contribution in [0.25, 0.3) is 54.6 Å². The van der Waals surface area contributed by atoms with Crippen molar-refractivity contribution in [3.63, 3.8) is 0 Å². The van der Waals surface area contributed by atoms with Crippen molar-refractivity contribution in [3.05, 3.63) is 120 Å². The van der Waals surface area contributed by atoms with E-state index >= 15 is 0 Å². The molecule has 0 aliphatic heterocycles. The van der Waals surface area contributed by atoms with Gasteiger partial charge in [-0.1, -0.05) is 103 Å². The molecule has 0 N–H and O–H groups in total. The van der Waals surface area contributed by atoms with Gasteiger partial charge >= 0.3 is 0 Å². The zero-order valence-corrected chi connectivity index (χ0v) is 19.3. The van der Waals surface area contributed by atoms with Gasteiger partial charge in [0.05, 0.1) is 0 Å². The van der Waals surface area contributed by atoms with Crippen molar-refractivity contribution < 1.29 is 0 Å². The Hall–Kier alpha value is -3.90. The standard InChI is InChI=1S/C33H26/c1-21-16-18-29(26-12-6-4-10-24(21)26)32-20-23(3)33(30-15-9-8-14-28(30)32)31-19-17-22(2)25-11-5-7-13-27(25)31/h4-20H,1-3H3. The molecular weight excluding hydrogens is 396 g/mol. The van der Waals surface area contributed by atoms with Crippen LogP contribution in [0.5, 0.6) is 0 Å². The molecule has 0 heterocycles. The molecule has 158 valence electrons. The van der Waals surface area contributed by atoms with Gasteiger partial charge in [-0.25, -0.2) is 0 Å². The first-order valence-corrected chi connectivity index (χ1v) is 11.6. The molecular formula is C33H26. The maximum absolute atomic E-state index is 2.39. The van der Waals surface area contributed by atoms with E-state index in [0.29, 0.717) is 0 Å². The molecule has 0 bridgehead atoms. The zero-order chi connectivity index (χ0) is 22.5. The van der Waals surface area contributed by atoms with Gasteiger partial charge in [0.25, 0.3) is 0 Å². The Balaban J connectivity index is 1.71. The van der Waals surface area contributed by atoms with Crippen LogP contribution in [0.1, 0.15) is 16.7 Å². The van der Waals surface area contributed by atoms with Gasteiger partial charge in [0.15, 0.2) is 0 Å². The van der Waals surface area contributed by atoms with E-state index in [1.54, 1.807) is 0 Å². The van der Waals surface area contributed by atoms with Crippen LogP contribution < -0.4 is 0 Å². The van der Waals surface area contributed by atoms with Crippen LogP contribution in [-0.4, -0.2) is 0 Å². The van der Waals surface area contributed by atoms with Gasteiger partial charge in [0, 0.05) is 0 Å². The summed E-state index contributed by atoms with van der Waals surface area (Å²) in [5.41, 5.74) is 9.20. The second-order valence-corrected chi connectivity index (χ2v) is 9.11. The highest BCUT2D eigenvalue weighted by molar-refractivity contribution is 6.13. The quantitative estimate of drug-likeness (QED) is 0.261. The van der Waals surface area contributed by atoms with Crippen LogP contribution >= 0.6 is 0 Å². The third kappa shape index (κ3) is 3.06. The summed E-state index contributed by atoms with van der Waals surface area (Å²) in [5, 5.41) is 7.90. The number of benzene rings is 6. The Morgan fingerprint density at radius 2 is 0.758 bits per heavy atom. The third-order valence-corrected chi connectivity index (χ3v) is 7.09. The number of hydrogen-bond donors (Lipinski definition) is 0. The van der Waals surface area contributed by atoms with E-state index in [2.05, 4.69) is 124 Å². The number of hydrogen-bond acceptors (Lipinski definition) is 0. The number of fused-ring (bicyclic) bond motifs is 3. The minimum absolute atomic E-state index is 1.30. The van der Waals surface area contributed by atoms with Crippen molar-refractivity contribution in [1.82, 2.24) is 0 Å². The molecule has 0 heteroatoms. The van der Waals surface area contributed by atoms with E-state index in [0.717, 1.165) is 0 Å². The second-order valence-electron chi connectivity index (χ2n) is 9.11. The predicted octanol–water partition coefficient (Wildman–Crippen LogP) is 9.41. The van der Waals surface area contributed by atoms with Gasteiger partial charge < -0.3 is 0 Å². The van der Waals surface area contributed by atoms with Gasteiger partial charge in [-0.05, 0) is 92.0 Å². The smallest absolute Gasteiger partial charge is 0.00694 e. The van der Waals surface area contributed by atoms with Crippen molar-refractivity contribution in [3.8, 4) is 22.3 Å². The molecule has 0 amide bonds. The van der Waals surface area contributed by atoms with Gasteiger partial charge in [0.2, 0.25) is 0 Å². The molecule has 0 saturated heterocycles. The molecule has 0 aliphatic rings. The van der Waals surface area contributed by atoms with Crippen molar-refractivity contribution in [2.24, 2.45) is 0 Å². The maximum atomic E-state index is 2.39. The highest BCUT2D eigenvalue weighted by atomic mass is 14.2. The molecule has 0 aliphatic carbocycles. The Labute approximate surface area is 195 Å². The first-order valence-electron chi connectivity index (χ1n) is 11.6. The zero-order valence-electron chi connectivity index (χ0n) is 19.3. The average molecular weight is 423 g/mol. The number of aryl methyl sites for hydroxylation is 3. The molecule has 6 aromatic carbocycles. The van der Waals surface area contributed by atoms with Crippen molar-refractivity contribution in [2.75, 3.05) is 0 Å². The van der Waals surface area contributed by atoms with Gasteiger partial charge in [0.1, 0.15) is 0 Å². The van der Waals surface area contributed by atoms with E-state index in [9.17, 15) is 0 Å². The molecule has 33 heavy (non-hydrogen) atoms. The van der Waals surface area contributed by atoms with Crippen LogP contribution in [0.15, 0.2) is 103 Å². The van der Waals surface area contributed by atoms with Gasteiger partial charge in [-0.2, -0.15) is 0 Å².